The Morgan fingerprint density at radius 3 is 2.61 bits per heavy atom. The molecule has 0 atom stereocenters. The summed E-state index contributed by atoms with van der Waals surface area (Å²) in [5.41, 5.74) is 1.05. The molecule has 2 rings (SSSR count). The van der Waals surface area contributed by atoms with Crippen molar-refractivity contribution in [2.24, 2.45) is 5.92 Å². The molecule has 0 radical (unpaired) electrons. The molecule has 0 aliphatic heterocycles. The third-order valence-electron chi connectivity index (χ3n) is 2.44. The standard InChI is InChI=1S/C13H14ClIN2S/c1-7(2)6-9-11(15)12(14)17-13(16-9)10-5-4-8(3)18-10/h4-5,7H,6H2,1-3H3. The fourth-order valence-electron chi connectivity index (χ4n) is 1.65. The second kappa shape index (κ2) is 5.84. The molecule has 2 aromatic heterocycles. The van der Waals surface area contributed by atoms with Crippen molar-refractivity contribution >= 4 is 45.5 Å². The van der Waals surface area contributed by atoms with Gasteiger partial charge in [0.05, 0.1) is 14.1 Å². The first-order valence-corrected chi connectivity index (χ1v) is 8.03. The lowest BCUT2D eigenvalue weighted by Crippen LogP contribution is -2.04. The van der Waals surface area contributed by atoms with Crippen LogP contribution in [0.15, 0.2) is 12.1 Å². The van der Waals surface area contributed by atoms with E-state index in [1.165, 1.54) is 4.88 Å². The van der Waals surface area contributed by atoms with E-state index < -0.39 is 0 Å². The predicted octanol–water partition coefficient (Wildman–Crippen LogP) is 4.97. The van der Waals surface area contributed by atoms with Gasteiger partial charge in [-0.2, -0.15) is 0 Å². The van der Waals surface area contributed by atoms with Gasteiger partial charge in [0.25, 0.3) is 0 Å². The summed E-state index contributed by atoms with van der Waals surface area (Å²) >= 11 is 10.1. The molecule has 2 heterocycles. The van der Waals surface area contributed by atoms with E-state index in [4.69, 9.17) is 11.6 Å². The zero-order chi connectivity index (χ0) is 13.3. The van der Waals surface area contributed by atoms with Crippen LogP contribution in [0.2, 0.25) is 5.15 Å². The van der Waals surface area contributed by atoms with Crippen LogP contribution < -0.4 is 0 Å². The Kier molecular flexibility index (Phi) is 4.61. The Labute approximate surface area is 130 Å². The smallest absolute Gasteiger partial charge is 0.171 e. The van der Waals surface area contributed by atoms with Gasteiger partial charge in [0.15, 0.2) is 5.82 Å². The number of rotatable bonds is 3. The molecule has 0 unspecified atom stereocenters. The maximum absolute atomic E-state index is 6.21. The van der Waals surface area contributed by atoms with E-state index in [1.54, 1.807) is 11.3 Å². The molecule has 0 saturated carbocycles. The second-order valence-corrected chi connectivity index (χ2v) is 7.33. The Morgan fingerprint density at radius 2 is 2.06 bits per heavy atom. The summed E-state index contributed by atoms with van der Waals surface area (Å²) in [5.74, 6) is 1.30. The van der Waals surface area contributed by atoms with E-state index in [-0.39, 0.29) is 0 Å². The summed E-state index contributed by atoms with van der Waals surface area (Å²) in [6.07, 6.45) is 0.928. The molecule has 0 saturated heterocycles. The van der Waals surface area contributed by atoms with Gasteiger partial charge in [-0.05, 0) is 54.0 Å². The SMILES string of the molecule is Cc1ccc(-c2nc(Cl)c(I)c(CC(C)C)n2)s1. The van der Waals surface area contributed by atoms with Gasteiger partial charge >= 0.3 is 0 Å². The summed E-state index contributed by atoms with van der Waals surface area (Å²) < 4.78 is 0.972. The first-order chi connectivity index (χ1) is 8.47. The van der Waals surface area contributed by atoms with Crippen LogP contribution in [-0.4, -0.2) is 9.97 Å². The van der Waals surface area contributed by atoms with Crippen molar-refractivity contribution in [1.82, 2.24) is 9.97 Å². The fraction of sp³-hybridized carbons (Fsp3) is 0.385. The number of hydrogen-bond acceptors (Lipinski definition) is 3. The van der Waals surface area contributed by atoms with E-state index in [9.17, 15) is 0 Å². The monoisotopic (exact) mass is 392 g/mol. The second-order valence-electron chi connectivity index (χ2n) is 4.61. The Hall–Kier alpha value is -0.200. The van der Waals surface area contributed by atoms with Gasteiger partial charge in [0.2, 0.25) is 0 Å². The molecule has 0 amide bonds. The maximum atomic E-state index is 6.21. The molecule has 96 valence electrons. The average molecular weight is 393 g/mol. The minimum Gasteiger partial charge on any atom is -0.231 e. The van der Waals surface area contributed by atoms with Gasteiger partial charge in [0.1, 0.15) is 5.15 Å². The quantitative estimate of drug-likeness (QED) is 0.544. The molecule has 0 aliphatic carbocycles. The highest BCUT2D eigenvalue weighted by Gasteiger charge is 2.14. The summed E-state index contributed by atoms with van der Waals surface area (Å²) in [5, 5.41) is 0.558. The molecule has 0 aliphatic rings. The highest BCUT2D eigenvalue weighted by Crippen LogP contribution is 2.29. The summed E-state index contributed by atoms with van der Waals surface area (Å²) in [4.78, 5) is 11.4. The molecular formula is C13H14ClIN2S. The van der Waals surface area contributed by atoms with E-state index in [2.05, 4.69) is 65.5 Å². The van der Waals surface area contributed by atoms with Crippen LogP contribution in [0.5, 0.6) is 0 Å². The van der Waals surface area contributed by atoms with Crippen molar-refractivity contribution in [2.45, 2.75) is 27.2 Å². The van der Waals surface area contributed by atoms with Crippen molar-refractivity contribution in [3.63, 3.8) is 0 Å². The number of nitrogens with zero attached hydrogens (tertiary/aromatic N) is 2. The van der Waals surface area contributed by atoms with Gasteiger partial charge in [-0.1, -0.05) is 25.4 Å². The Bertz CT molecular complexity index is 566. The first-order valence-electron chi connectivity index (χ1n) is 5.76. The van der Waals surface area contributed by atoms with E-state index in [1.807, 2.05) is 0 Å². The van der Waals surface area contributed by atoms with Crippen molar-refractivity contribution in [3.05, 3.63) is 31.4 Å². The topological polar surface area (TPSA) is 25.8 Å². The molecule has 0 N–H and O–H groups in total. The molecule has 18 heavy (non-hydrogen) atoms. The van der Waals surface area contributed by atoms with E-state index in [0.717, 1.165) is 26.4 Å². The number of halogens is 2. The van der Waals surface area contributed by atoms with Crippen LogP contribution in [0.3, 0.4) is 0 Å². The summed E-state index contributed by atoms with van der Waals surface area (Å²) in [7, 11) is 0. The third kappa shape index (κ3) is 3.22. The normalized spacial score (nSPS) is 11.2. The van der Waals surface area contributed by atoms with Crippen molar-refractivity contribution in [1.29, 1.82) is 0 Å². The third-order valence-corrected chi connectivity index (χ3v) is 5.16. The van der Waals surface area contributed by atoms with Gasteiger partial charge in [-0.25, -0.2) is 9.97 Å². The van der Waals surface area contributed by atoms with Crippen molar-refractivity contribution < 1.29 is 0 Å². The lowest BCUT2D eigenvalue weighted by Gasteiger charge is -2.09. The Morgan fingerprint density at radius 1 is 1.33 bits per heavy atom. The molecular weight excluding hydrogens is 379 g/mol. The lowest BCUT2D eigenvalue weighted by atomic mass is 10.1. The average Bonchev–Trinajstić information content (AvgIpc) is 2.70. The van der Waals surface area contributed by atoms with Gasteiger partial charge in [-0.3, -0.25) is 0 Å². The molecule has 0 fully saturated rings. The predicted molar refractivity (Wildman–Crippen MR) is 86.4 cm³/mol. The summed E-state index contributed by atoms with van der Waals surface area (Å²) in [6.45, 7) is 6.44. The maximum Gasteiger partial charge on any atom is 0.171 e. The fourth-order valence-corrected chi connectivity index (χ4v) is 3.10. The highest BCUT2D eigenvalue weighted by atomic mass is 127. The first kappa shape index (κ1) is 14.2. The largest absolute Gasteiger partial charge is 0.231 e. The zero-order valence-electron chi connectivity index (χ0n) is 10.5. The summed E-state index contributed by atoms with van der Waals surface area (Å²) in [6, 6.07) is 4.13. The van der Waals surface area contributed by atoms with Gasteiger partial charge < -0.3 is 0 Å². The van der Waals surface area contributed by atoms with Gasteiger partial charge in [-0.15, -0.1) is 11.3 Å². The van der Waals surface area contributed by atoms with E-state index in [0.29, 0.717) is 11.1 Å². The van der Waals surface area contributed by atoms with E-state index >= 15 is 0 Å². The minimum atomic E-state index is 0.558. The number of aromatic nitrogens is 2. The molecule has 5 heteroatoms. The molecule has 0 bridgehead atoms. The van der Waals surface area contributed by atoms with Gasteiger partial charge in [0, 0.05) is 4.88 Å². The molecule has 2 nitrogen and oxygen atoms in total. The van der Waals surface area contributed by atoms with Crippen LogP contribution >= 0.6 is 45.5 Å². The van der Waals surface area contributed by atoms with Crippen LogP contribution in [-0.2, 0) is 6.42 Å². The van der Waals surface area contributed by atoms with Crippen LogP contribution in [0.25, 0.3) is 10.7 Å². The molecule has 0 spiro atoms. The van der Waals surface area contributed by atoms with Crippen molar-refractivity contribution in [2.75, 3.05) is 0 Å². The molecule has 2 aromatic rings. The highest BCUT2D eigenvalue weighted by molar-refractivity contribution is 14.1. The van der Waals surface area contributed by atoms with Crippen LogP contribution in [0, 0.1) is 16.4 Å². The minimum absolute atomic E-state index is 0.558. The zero-order valence-corrected chi connectivity index (χ0v) is 14.2. The van der Waals surface area contributed by atoms with Crippen molar-refractivity contribution in [3.8, 4) is 10.7 Å². The van der Waals surface area contributed by atoms with Crippen LogP contribution in [0.4, 0.5) is 0 Å². The number of thiophene rings is 1. The molecule has 0 aromatic carbocycles. The number of hydrogen-bond donors (Lipinski definition) is 0. The van der Waals surface area contributed by atoms with Crippen LogP contribution in [0.1, 0.15) is 24.4 Å². The number of aryl methyl sites for hydroxylation is 1. The Balaban J connectivity index is 2.46. The lowest BCUT2D eigenvalue weighted by molar-refractivity contribution is 0.632.